The molecule has 0 aliphatic carbocycles. The van der Waals surface area contributed by atoms with E-state index in [9.17, 15) is 4.79 Å². The number of carbonyl (C=O) groups excluding carboxylic acids is 1. The minimum absolute atomic E-state index is 0.397. The van der Waals surface area contributed by atoms with Crippen molar-refractivity contribution in [1.29, 1.82) is 0 Å². The highest BCUT2D eigenvalue weighted by Gasteiger charge is 2.09. The number of rotatable bonds is 7. The van der Waals surface area contributed by atoms with Crippen molar-refractivity contribution in [3.05, 3.63) is 52.8 Å². The number of unbranched alkanes of at least 4 members (excludes halogenated alkanes) is 2. The van der Waals surface area contributed by atoms with E-state index in [4.69, 9.17) is 9.47 Å². The molecule has 0 amide bonds. The maximum atomic E-state index is 12.0. The molecule has 0 saturated carbocycles. The summed E-state index contributed by atoms with van der Waals surface area (Å²) in [5.41, 5.74) is 0.397. The van der Waals surface area contributed by atoms with Crippen LogP contribution >= 0.6 is 15.9 Å². The molecule has 2 aromatic rings. The van der Waals surface area contributed by atoms with Gasteiger partial charge in [-0.05, 0) is 52.7 Å². The molecule has 22 heavy (non-hydrogen) atoms. The van der Waals surface area contributed by atoms with E-state index in [2.05, 4.69) is 27.8 Å². The zero-order chi connectivity index (χ0) is 15.8. The highest BCUT2D eigenvalue weighted by molar-refractivity contribution is 9.10. The Balaban J connectivity index is 1.89. The smallest absolute Gasteiger partial charge is 0.345 e. The molecule has 0 aliphatic heterocycles. The van der Waals surface area contributed by atoms with Crippen molar-refractivity contribution in [1.82, 2.24) is 4.98 Å². The molecule has 5 heteroatoms. The summed E-state index contributed by atoms with van der Waals surface area (Å²) in [4.78, 5) is 15.9. The third kappa shape index (κ3) is 5.15. The molecule has 0 aliphatic rings. The molecular weight excluding hydrogens is 346 g/mol. The Hall–Kier alpha value is -1.88. The quantitative estimate of drug-likeness (QED) is 0.408. The number of hydrogen-bond acceptors (Lipinski definition) is 4. The largest absolute Gasteiger partial charge is 0.494 e. The lowest BCUT2D eigenvalue weighted by atomic mass is 10.2. The van der Waals surface area contributed by atoms with Crippen LogP contribution in [0, 0.1) is 0 Å². The zero-order valence-electron chi connectivity index (χ0n) is 12.4. The van der Waals surface area contributed by atoms with Crippen LogP contribution in [0.1, 0.15) is 36.5 Å². The Morgan fingerprint density at radius 2 is 1.86 bits per heavy atom. The van der Waals surface area contributed by atoms with Gasteiger partial charge in [-0.25, -0.2) is 4.79 Å². The van der Waals surface area contributed by atoms with Crippen molar-refractivity contribution in [3.8, 4) is 11.5 Å². The Bertz CT molecular complexity index is 614. The van der Waals surface area contributed by atoms with Gasteiger partial charge in [-0.3, -0.25) is 4.98 Å². The molecule has 0 bridgehead atoms. The predicted octanol–water partition coefficient (Wildman–Crippen LogP) is 4.63. The summed E-state index contributed by atoms with van der Waals surface area (Å²) in [6.07, 6.45) is 6.46. The number of pyridine rings is 1. The van der Waals surface area contributed by atoms with Gasteiger partial charge >= 0.3 is 5.97 Å². The Morgan fingerprint density at radius 1 is 1.14 bits per heavy atom. The number of nitrogens with zero attached hydrogens (tertiary/aromatic N) is 1. The van der Waals surface area contributed by atoms with Crippen LogP contribution in [-0.2, 0) is 0 Å². The van der Waals surface area contributed by atoms with Crippen molar-refractivity contribution < 1.29 is 14.3 Å². The van der Waals surface area contributed by atoms with Gasteiger partial charge in [0.15, 0.2) is 0 Å². The first-order valence-corrected chi connectivity index (χ1v) is 8.04. The number of hydrogen-bond donors (Lipinski definition) is 0. The van der Waals surface area contributed by atoms with E-state index in [-0.39, 0.29) is 0 Å². The van der Waals surface area contributed by atoms with E-state index < -0.39 is 5.97 Å². The van der Waals surface area contributed by atoms with Crippen LogP contribution in [-0.4, -0.2) is 17.6 Å². The fourth-order valence-electron chi connectivity index (χ4n) is 1.84. The Morgan fingerprint density at radius 3 is 2.55 bits per heavy atom. The van der Waals surface area contributed by atoms with Gasteiger partial charge in [0.25, 0.3) is 0 Å². The van der Waals surface area contributed by atoms with Gasteiger partial charge in [-0.2, -0.15) is 0 Å². The summed E-state index contributed by atoms with van der Waals surface area (Å²) in [7, 11) is 0. The van der Waals surface area contributed by atoms with Crippen molar-refractivity contribution in [2.45, 2.75) is 26.2 Å². The molecule has 0 fully saturated rings. The molecule has 0 radical (unpaired) electrons. The van der Waals surface area contributed by atoms with E-state index in [0.717, 1.165) is 23.1 Å². The van der Waals surface area contributed by atoms with Gasteiger partial charge in [0.05, 0.1) is 12.2 Å². The van der Waals surface area contributed by atoms with Crippen molar-refractivity contribution in [2.75, 3.05) is 6.61 Å². The number of ether oxygens (including phenoxy) is 2. The maximum Gasteiger partial charge on any atom is 0.345 e. The number of benzene rings is 1. The maximum absolute atomic E-state index is 12.0. The second-order valence-electron chi connectivity index (χ2n) is 4.81. The fraction of sp³-hybridized carbons (Fsp3) is 0.294. The first-order valence-electron chi connectivity index (χ1n) is 7.24. The van der Waals surface area contributed by atoms with Gasteiger partial charge in [0.2, 0.25) is 0 Å². The van der Waals surface area contributed by atoms with Crippen LogP contribution in [0.4, 0.5) is 0 Å². The van der Waals surface area contributed by atoms with E-state index in [1.54, 1.807) is 36.5 Å². The molecule has 1 aromatic carbocycles. The van der Waals surface area contributed by atoms with E-state index >= 15 is 0 Å². The SMILES string of the molecule is CCCCCOc1ccc(OC(=O)c2cncc(Br)c2)cc1. The fourth-order valence-corrected chi connectivity index (χ4v) is 2.20. The number of carbonyl (C=O) groups is 1. The Labute approximate surface area is 138 Å². The number of aromatic nitrogens is 1. The molecule has 116 valence electrons. The van der Waals surface area contributed by atoms with Crippen molar-refractivity contribution >= 4 is 21.9 Å². The summed E-state index contributed by atoms with van der Waals surface area (Å²) in [5.74, 6) is 0.816. The predicted molar refractivity (Wildman–Crippen MR) is 88.4 cm³/mol. The molecule has 2 rings (SSSR count). The number of esters is 1. The highest BCUT2D eigenvalue weighted by Crippen LogP contribution is 2.19. The molecule has 0 atom stereocenters. The third-order valence-electron chi connectivity index (χ3n) is 2.99. The monoisotopic (exact) mass is 363 g/mol. The normalized spacial score (nSPS) is 10.3. The van der Waals surface area contributed by atoms with Gasteiger partial charge in [-0.15, -0.1) is 0 Å². The molecule has 1 heterocycles. The first-order chi connectivity index (χ1) is 10.7. The van der Waals surface area contributed by atoms with Gasteiger partial charge in [-0.1, -0.05) is 19.8 Å². The summed E-state index contributed by atoms with van der Waals surface area (Å²) in [5, 5.41) is 0. The van der Waals surface area contributed by atoms with Crippen LogP contribution in [0.2, 0.25) is 0 Å². The topological polar surface area (TPSA) is 48.4 Å². The molecule has 0 saturated heterocycles. The lowest BCUT2D eigenvalue weighted by Crippen LogP contribution is -2.08. The molecule has 0 spiro atoms. The summed E-state index contributed by atoms with van der Waals surface area (Å²) in [6, 6.07) is 8.71. The van der Waals surface area contributed by atoms with E-state index in [1.165, 1.54) is 12.6 Å². The van der Waals surface area contributed by atoms with E-state index in [1.807, 2.05) is 0 Å². The molecular formula is C17H18BrNO3. The first kappa shape index (κ1) is 16.5. The molecule has 4 nitrogen and oxygen atoms in total. The van der Waals surface area contributed by atoms with E-state index in [0.29, 0.717) is 17.9 Å². The van der Waals surface area contributed by atoms with Crippen LogP contribution in [0.3, 0.4) is 0 Å². The van der Waals surface area contributed by atoms with Crippen LogP contribution < -0.4 is 9.47 Å². The lowest BCUT2D eigenvalue weighted by molar-refractivity contribution is 0.0734. The third-order valence-corrected chi connectivity index (χ3v) is 3.43. The van der Waals surface area contributed by atoms with Crippen molar-refractivity contribution in [2.24, 2.45) is 0 Å². The van der Waals surface area contributed by atoms with Gasteiger partial charge in [0, 0.05) is 16.9 Å². The average molecular weight is 364 g/mol. The lowest BCUT2D eigenvalue weighted by Gasteiger charge is -2.07. The second-order valence-corrected chi connectivity index (χ2v) is 5.72. The molecule has 0 N–H and O–H groups in total. The van der Waals surface area contributed by atoms with Gasteiger partial charge < -0.3 is 9.47 Å². The minimum atomic E-state index is -0.439. The minimum Gasteiger partial charge on any atom is -0.494 e. The Kier molecular flexibility index (Phi) is 6.40. The van der Waals surface area contributed by atoms with Crippen molar-refractivity contribution in [3.63, 3.8) is 0 Å². The summed E-state index contributed by atoms with van der Waals surface area (Å²) < 4.78 is 11.6. The van der Waals surface area contributed by atoms with Gasteiger partial charge in [0.1, 0.15) is 11.5 Å². The molecule has 1 aromatic heterocycles. The standard InChI is InChI=1S/C17H18BrNO3/c1-2-3-4-9-21-15-5-7-16(8-6-15)22-17(20)13-10-14(18)12-19-11-13/h5-8,10-12H,2-4,9H2,1H3. The summed E-state index contributed by atoms with van der Waals surface area (Å²) in [6.45, 7) is 2.86. The molecule has 0 unspecified atom stereocenters. The number of halogens is 1. The summed E-state index contributed by atoms with van der Waals surface area (Å²) >= 11 is 3.27. The zero-order valence-corrected chi connectivity index (χ0v) is 14.0. The second kappa shape index (κ2) is 8.54. The van der Waals surface area contributed by atoms with Crippen LogP contribution in [0.15, 0.2) is 47.2 Å². The van der Waals surface area contributed by atoms with Crippen LogP contribution in [0.25, 0.3) is 0 Å². The average Bonchev–Trinajstić information content (AvgIpc) is 2.53. The van der Waals surface area contributed by atoms with Crippen LogP contribution in [0.5, 0.6) is 11.5 Å². The highest BCUT2D eigenvalue weighted by atomic mass is 79.9.